The number of nitrogens with zero attached hydrogens (tertiary/aromatic N) is 3. The van der Waals surface area contributed by atoms with Crippen LogP contribution in [0.15, 0.2) is 4.63 Å². The van der Waals surface area contributed by atoms with Crippen molar-refractivity contribution in [3.63, 3.8) is 0 Å². The summed E-state index contributed by atoms with van der Waals surface area (Å²) in [4.78, 5) is 11.3. The first-order valence-corrected chi connectivity index (χ1v) is 3.91. The zero-order valence-corrected chi connectivity index (χ0v) is 7.52. The van der Waals surface area contributed by atoms with Gasteiger partial charge in [0, 0.05) is 6.54 Å². The van der Waals surface area contributed by atoms with Crippen LogP contribution in [0.1, 0.15) is 17.4 Å². The van der Waals surface area contributed by atoms with Gasteiger partial charge in [0.05, 0.1) is 12.0 Å². The van der Waals surface area contributed by atoms with Crippen LogP contribution in [-0.4, -0.2) is 22.8 Å². The highest BCUT2D eigenvalue weighted by molar-refractivity contribution is 5.95. The van der Waals surface area contributed by atoms with Crippen LogP contribution in [0.3, 0.4) is 0 Å². The molecule has 1 aromatic heterocycles. The van der Waals surface area contributed by atoms with Crippen molar-refractivity contribution in [2.24, 2.45) is 5.92 Å². The van der Waals surface area contributed by atoms with Crippen LogP contribution in [0, 0.1) is 17.2 Å². The van der Waals surface area contributed by atoms with Gasteiger partial charge in [-0.05, 0) is 17.2 Å². The van der Waals surface area contributed by atoms with Crippen LogP contribution in [0.2, 0.25) is 0 Å². The van der Waals surface area contributed by atoms with E-state index >= 15 is 0 Å². The van der Waals surface area contributed by atoms with Crippen LogP contribution in [-0.2, 0) is 0 Å². The number of carbonyl (C=O) groups is 1. The standard InChI is InChI=1S/C7H9N5O2/c1-4(2-8)3-10-7(13)5-6(9)12-14-11-5/h4H,3H2,1H3,(H2,9,12)(H,10,13). The van der Waals surface area contributed by atoms with Gasteiger partial charge in [0.15, 0.2) is 0 Å². The summed E-state index contributed by atoms with van der Waals surface area (Å²) in [5.41, 5.74) is 5.23. The van der Waals surface area contributed by atoms with Crippen LogP contribution >= 0.6 is 0 Å². The molecule has 7 nitrogen and oxygen atoms in total. The summed E-state index contributed by atoms with van der Waals surface area (Å²) in [5, 5.41) is 17.5. The zero-order valence-electron chi connectivity index (χ0n) is 7.52. The lowest BCUT2D eigenvalue weighted by Gasteiger charge is -2.02. The van der Waals surface area contributed by atoms with Crippen molar-refractivity contribution in [3.05, 3.63) is 5.69 Å². The van der Waals surface area contributed by atoms with E-state index in [1.165, 1.54) is 0 Å². The third-order valence-electron chi connectivity index (χ3n) is 1.52. The minimum Gasteiger partial charge on any atom is -0.379 e. The summed E-state index contributed by atoms with van der Waals surface area (Å²) in [6.07, 6.45) is 0. The average Bonchev–Trinajstić information content (AvgIpc) is 2.60. The SMILES string of the molecule is CC(C#N)CNC(=O)c1nonc1N. The highest BCUT2D eigenvalue weighted by Gasteiger charge is 2.15. The molecule has 1 rings (SSSR count). The predicted molar refractivity (Wildman–Crippen MR) is 45.8 cm³/mol. The minimum absolute atomic E-state index is 0.0601. The molecule has 0 aliphatic heterocycles. The Labute approximate surface area is 79.8 Å². The van der Waals surface area contributed by atoms with E-state index in [1.807, 2.05) is 6.07 Å². The Hall–Kier alpha value is -2.10. The fraction of sp³-hybridized carbons (Fsp3) is 0.429. The summed E-state index contributed by atoms with van der Waals surface area (Å²) in [6.45, 7) is 1.92. The van der Waals surface area contributed by atoms with Crippen molar-refractivity contribution in [1.82, 2.24) is 15.6 Å². The second kappa shape index (κ2) is 4.23. The molecule has 3 N–H and O–H groups in total. The number of hydrogen-bond acceptors (Lipinski definition) is 6. The van der Waals surface area contributed by atoms with E-state index in [-0.39, 0.29) is 24.0 Å². The summed E-state index contributed by atoms with van der Waals surface area (Å²) < 4.78 is 4.25. The summed E-state index contributed by atoms with van der Waals surface area (Å²) >= 11 is 0. The molecule has 74 valence electrons. The van der Waals surface area contributed by atoms with Gasteiger partial charge in [0.25, 0.3) is 5.91 Å². The quantitative estimate of drug-likeness (QED) is 0.673. The maximum absolute atomic E-state index is 11.3. The van der Waals surface area contributed by atoms with E-state index in [0.717, 1.165) is 0 Å². The first-order chi connectivity index (χ1) is 6.65. The minimum atomic E-state index is -0.495. The molecule has 0 aromatic carbocycles. The molecule has 1 amide bonds. The topological polar surface area (TPSA) is 118 Å². The van der Waals surface area contributed by atoms with E-state index in [2.05, 4.69) is 20.3 Å². The van der Waals surface area contributed by atoms with E-state index in [0.29, 0.717) is 0 Å². The van der Waals surface area contributed by atoms with Crippen molar-refractivity contribution < 1.29 is 9.42 Å². The molecule has 1 aromatic rings. The van der Waals surface area contributed by atoms with Gasteiger partial charge in [-0.25, -0.2) is 4.63 Å². The van der Waals surface area contributed by atoms with Crippen LogP contribution in [0.25, 0.3) is 0 Å². The molecule has 0 aliphatic carbocycles. The average molecular weight is 195 g/mol. The maximum Gasteiger partial charge on any atom is 0.277 e. The summed E-state index contributed by atoms with van der Waals surface area (Å²) in [6, 6.07) is 1.97. The van der Waals surface area contributed by atoms with Crippen LogP contribution in [0.5, 0.6) is 0 Å². The molecule has 0 bridgehead atoms. The van der Waals surface area contributed by atoms with Crippen molar-refractivity contribution in [3.8, 4) is 6.07 Å². The fourth-order valence-electron chi connectivity index (χ4n) is 0.728. The normalized spacial score (nSPS) is 11.7. The molecule has 7 heteroatoms. The van der Waals surface area contributed by atoms with Gasteiger partial charge in [-0.2, -0.15) is 5.26 Å². The molecule has 0 saturated carbocycles. The van der Waals surface area contributed by atoms with Gasteiger partial charge in [-0.1, -0.05) is 0 Å². The van der Waals surface area contributed by atoms with Gasteiger partial charge >= 0.3 is 0 Å². The Balaban J connectivity index is 2.53. The van der Waals surface area contributed by atoms with E-state index in [1.54, 1.807) is 6.92 Å². The van der Waals surface area contributed by atoms with E-state index in [4.69, 9.17) is 11.0 Å². The molecule has 1 unspecified atom stereocenters. The number of rotatable bonds is 3. The highest BCUT2D eigenvalue weighted by Crippen LogP contribution is 2.03. The number of nitrogens with one attached hydrogen (secondary N) is 1. The van der Waals surface area contributed by atoms with Crippen LogP contribution in [0.4, 0.5) is 5.82 Å². The first kappa shape index (κ1) is 9.98. The number of carbonyl (C=O) groups excluding carboxylic acids is 1. The van der Waals surface area contributed by atoms with Crippen molar-refractivity contribution in [2.75, 3.05) is 12.3 Å². The third kappa shape index (κ3) is 2.20. The fourth-order valence-corrected chi connectivity index (χ4v) is 0.728. The molecule has 1 atom stereocenters. The third-order valence-corrected chi connectivity index (χ3v) is 1.52. The Morgan fingerprint density at radius 2 is 2.50 bits per heavy atom. The van der Waals surface area contributed by atoms with Crippen molar-refractivity contribution in [1.29, 1.82) is 5.26 Å². The Bertz CT molecular complexity index is 366. The van der Waals surface area contributed by atoms with E-state index in [9.17, 15) is 4.79 Å². The molecular weight excluding hydrogens is 186 g/mol. The second-order valence-electron chi connectivity index (χ2n) is 2.74. The predicted octanol–water partition coefficient (Wildman–Crippen LogP) is -0.459. The first-order valence-electron chi connectivity index (χ1n) is 3.91. The Morgan fingerprint density at radius 1 is 1.79 bits per heavy atom. The smallest absolute Gasteiger partial charge is 0.277 e. The number of nitriles is 1. The lowest BCUT2D eigenvalue weighted by Crippen LogP contribution is -2.28. The van der Waals surface area contributed by atoms with Gasteiger partial charge in [-0.15, -0.1) is 0 Å². The molecular formula is C7H9N5O2. The van der Waals surface area contributed by atoms with Gasteiger partial charge in [0.2, 0.25) is 11.5 Å². The Morgan fingerprint density at radius 3 is 3.00 bits per heavy atom. The van der Waals surface area contributed by atoms with Gasteiger partial charge < -0.3 is 11.1 Å². The zero-order chi connectivity index (χ0) is 10.6. The number of hydrogen-bond donors (Lipinski definition) is 2. The van der Waals surface area contributed by atoms with E-state index < -0.39 is 5.91 Å². The second-order valence-corrected chi connectivity index (χ2v) is 2.74. The molecule has 0 fully saturated rings. The summed E-state index contributed by atoms with van der Waals surface area (Å²) in [5.74, 6) is -0.821. The number of amides is 1. The highest BCUT2D eigenvalue weighted by atomic mass is 16.6. The largest absolute Gasteiger partial charge is 0.379 e. The number of aromatic nitrogens is 2. The van der Waals surface area contributed by atoms with Crippen LogP contribution < -0.4 is 11.1 Å². The molecule has 0 radical (unpaired) electrons. The lowest BCUT2D eigenvalue weighted by molar-refractivity contribution is 0.0941. The monoisotopic (exact) mass is 195 g/mol. The molecule has 1 heterocycles. The molecule has 0 aliphatic rings. The summed E-state index contributed by atoms with van der Waals surface area (Å²) in [7, 11) is 0. The molecule has 14 heavy (non-hydrogen) atoms. The number of anilines is 1. The maximum atomic E-state index is 11.3. The van der Waals surface area contributed by atoms with Gasteiger partial charge in [0.1, 0.15) is 0 Å². The number of nitrogens with two attached hydrogens (primary N) is 1. The lowest BCUT2D eigenvalue weighted by atomic mass is 10.2. The number of nitrogen functional groups attached to an aromatic ring is 1. The Kier molecular flexibility index (Phi) is 3.01. The van der Waals surface area contributed by atoms with Gasteiger partial charge in [-0.3, -0.25) is 4.79 Å². The van der Waals surface area contributed by atoms with Crippen molar-refractivity contribution in [2.45, 2.75) is 6.92 Å². The molecule has 0 spiro atoms. The van der Waals surface area contributed by atoms with Crippen molar-refractivity contribution >= 4 is 11.7 Å². The molecule has 0 saturated heterocycles.